The van der Waals surface area contributed by atoms with Gasteiger partial charge in [0.1, 0.15) is 6.04 Å². The molecule has 0 unspecified atom stereocenters. The van der Waals surface area contributed by atoms with E-state index in [1.165, 1.54) is 51.4 Å². The predicted octanol–water partition coefficient (Wildman–Crippen LogP) is 3.47. The van der Waals surface area contributed by atoms with Crippen LogP contribution in [0.3, 0.4) is 0 Å². The molecular weight excluding hydrogens is 361 g/mol. The van der Waals surface area contributed by atoms with E-state index in [9.17, 15) is 14.4 Å². The quantitative estimate of drug-likeness (QED) is 0.257. The summed E-state index contributed by atoms with van der Waals surface area (Å²) in [6.45, 7) is 2.22. The van der Waals surface area contributed by atoms with Gasteiger partial charge in [-0.25, -0.2) is 4.79 Å². The van der Waals surface area contributed by atoms with Gasteiger partial charge in [0.25, 0.3) is 0 Å². The minimum absolute atomic E-state index is 0. The molecular formula is C19H36KNO5. The van der Waals surface area contributed by atoms with E-state index in [-0.39, 0.29) is 70.1 Å². The molecule has 0 fully saturated rings. The number of carbonyl (C=O) groups excluding carboxylic acids is 1. The van der Waals surface area contributed by atoms with Crippen molar-refractivity contribution in [2.24, 2.45) is 0 Å². The van der Waals surface area contributed by atoms with Crippen molar-refractivity contribution in [3.05, 3.63) is 0 Å². The van der Waals surface area contributed by atoms with Gasteiger partial charge in [0.15, 0.2) is 0 Å². The molecule has 26 heavy (non-hydrogen) atoms. The number of rotatable bonds is 17. The summed E-state index contributed by atoms with van der Waals surface area (Å²) >= 11 is 0. The van der Waals surface area contributed by atoms with Crippen molar-refractivity contribution in [2.45, 2.75) is 103 Å². The third-order valence-corrected chi connectivity index (χ3v) is 4.29. The number of amides is 1. The standard InChI is InChI=1S/C19H35NO5.K.H/c1-2-3-4-5-6-7-8-9-10-11-12-13-17(21)20-16(19(24)25)14-15-18(22)23;;/h16H,2-15H2,1H3,(H,20,21)(H,22,23)(H,24,25);;/t16-;;/m0../s1. The maximum absolute atomic E-state index is 11.7. The molecule has 6 nitrogen and oxygen atoms in total. The Morgan fingerprint density at radius 3 is 1.65 bits per heavy atom. The topological polar surface area (TPSA) is 104 Å². The fraction of sp³-hybridized carbons (Fsp3) is 0.842. The molecule has 0 saturated carbocycles. The maximum atomic E-state index is 11.7. The van der Waals surface area contributed by atoms with Gasteiger partial charge < -0.3 is 15.5 Å². The number of aliphatic carboxylic acids is 2. The molecule has 0 aliphatic carbocycles. The molecule has 0 heterocycles. The van der Waals surface area contributed by atoms with Gasteiger partial charge in [0, 0.05) is 12.8 Å². The second-order valence-electron chi connectivity index (χ2n) is 6.68. The van der Waals surface area contributed by atoms with Crippen LogP contribution in [0.4, 0.5) is 0 Å². The Morgan fingerprint density at radius 1 is 0.769 bits per heavy atom. The van der Waals surface area contributed by atoms with Gasteiger partial charge in [-0.2, -0.15) is 0 Å². The first-order valence-corrected chi connectivity index (χ1v) is 9.71. The van der Waals surface area contributed by atoms with Gasteiger partial charge in [0.05, 0.1) is 0 Å². The van der Waals surface area contributed by atoms with Crippen molar-refractivity contribution >= 4 is 69.2 Å². The molecule has 0 saturated heterocycles. The summed E-state index contributed by atoms with van der Waals surface area (Å²) in [6, 6.07) is -1.11. The monoisotopic (exact) mass is 397 g/mol. The molecule has 0 aliphatic heterocycles. The summed E-state index contributed by atoms with van der Waals surface area (Å²) in [6.07, 6.45) is 13.1. The van der Waals surface area contributed by atoms with E-state index in [0.717, 1.165) is 19.3 Å². The Bertz CT molecular complexity index is 390. The first-order chi connectivity index (χ1) is 12.0. The van der Waals surface area contributed by atoms with Crippen molar-refractivity contribution in [3.8, 4) is 0 Å². The molecule has 0 aromatic rings. The first kappa shape index (κ1) is 28.3. The van der Waals surface area contributed by atoms with Gasteiger partial charge in [-0.05, 0) is 12.8 Å². The number of nitrogens with one attached hydrogen (secondary N) is 1. The molecule has 148 valence electrons. The van der Waals surface area contributed by atoms with E-state index in [2.05, 4.69) is 12.2 Å². The van der Waals surface area contributed by atoms with E-state index in [0.29, 0.717) is 6.42 Å². The van der Waals surface area contributed by atoms with E-state index >= 15 is 0 Å². The third-order valence-electron chi connectivity index (χ3n) is 4.29. The normalized spacial score (nSPS) is 11.4. The summed E-state index contributed by atoms with van der Waals surface area (Å²) in [7, 11) is 0. The van der Waals surface area contributed by atoms with Crippen molar-refractivity contribution in [1.82, 2.24) is 5.32 Å². The predicted molar refractivity (Wildman–Crippen MR) is 105 cm³/mol. The SMILES string of the molecule is CCCCCCCCCCCCCC(=O)N[C@@H](CCC(=O)O)C(=O)O.[KH]. The van der Waals surface area contributed by atoms with Crippen LogP contribution in [0.5, 0.6) is 0 Å². The molecule has 0 aliphatic rings. The van der Waals surface area contributed by atoms with Crippen LogP contribution in [-0.4, -0.2) is 85.5 Å². The molecule has 1 amide bonds. The first-order valence-electron chi connectivity index (χ1n) is 9.71. The molecule has 3 N–H and O–H groups in total. The van der Waals surface area contributed by atoms with E-state index in [1.807, 2.05) is 0 Å². The number of hydrogen-bond acceptors (Lipinski definition) is 3. The van der Waals surface area contributed by atoms with Crippen LogP contribution in [0.1, 0.15) is 96.8 Å². The molecule has 7 heteroatoms. The molecule has 0 aromatic carbocycles. The number of unbranched alkanes of at least 4 members (excludes halogenated alkanes) is 10. The number of hydrogen-bond donors (Lipinski definition) is 3. The van der Waals surface area contributed by atoms with Gasteiger partial charge in [-0.3, -0.25) is 9.59 Å². The van der Waals surface area contributed by atoms with Crippen LogP contribution in [-0.2, 0) is 14.4 Å². The molecule has 1 atom stereocenters. The zero-order valence-electron chi connectivity index (χ0n) is 15.6. The fourth-order valence-electron chi connectivity index (χ4n) is 2.74. The van der Waals surface area contributed by atoms with Crippen molar-refractivity contribution in [2.75, 3.05) is 0 Å². The molecule has 0 radical (unpaired) electrons. The minimum atomic E-state index is -1.19. The number of carboxylic acids is 2. The Labute approximate surface area is 200 Å². The molecule has 0 bridgehead atoms. The summed E-state index contributed by atoms with van der Waals surface area (Å²) in [5.74, 6) is -2.56. The van der Waals surface area contributed by atoms with Crippen LogP contribution < -0.4 is 5.32 Å². The van der Waals surface area contributed by atoms with Crippen LogP contribution in [0, 0.1) is 0 Å². The number of carbonyl (C=O) groups is 3. The summed E-state index contributed by atoms with van der Waals surface area (Å²) in [5.41, 5.74) is 0. The molecule has 0 rings (SSSR count). The number of carboxylic acid groups (broad SMARTS) is 2. The third kappa shape index (κ3) is 18.8. The second kappa shape index (κ2) is 19.8. The van der Waals surface area contributed by atoms with E-state index in [4.69, 9.17) is 10.2 Å². The summed E-state index contributed by atoms with van der Waals surface area (Å²) in [4.78, 5) is 33.2. The Morgan fingerprint density at radius 2 is 1.23 bits per heavy atom. The van der Waals surface area contributed by atoms with Gasteiger partial charge in [-0.1, -0.05) is 71.1 Å². The molecule has 0 spiro atoms. The van der Waals surface area contributed by atoms with Gasteiger partial charge in [0.2, 0.25) is 5.91 Å². The van der Waals surface area contributed by atoms with Crippen molar-refractivity contribution in [3.63, 3.8) is 0 Å². The summed E-state index contributed by atoms with van der Waals surface area (Å²) < 4.78 is 0. The average molecular weight is 398 g/mol. The zero-order chi connectivity index (χ0) is 18.9. The van der Waals surface area contributed by atoms with E-state index in [1.54, 1.807) is 0 Å². The zero-order valence-corrected chi connectivity index (χ0v) is 15.6. The second-order valence-corrected chi connectivity index (χ2v) is 6.68. The van der Waals surface area contributed by atoms with Crippen LogP contribution in [0.2, 0.25) is 0 Å². The van der Waals surface area contributed by atoms with Crippen molar-refractivity contribution < 1.29 is 24.6 Å². The van der Waals surface area contributed by atoms with Crippen LogP contribution >= 0.6 is 0 Å². The van der Waals surface area contributed by atoms with Crippen molar-refractivity contribution in [1.29, 1.82) is 0 Å². The molecule has 0 aromatic heterocycles. The fourth-order valence-corrected chi connectivity index (χ4v) is 2.74. The summed E-state index contributed by atoms with van der Waals surface area (Å²) in [5, 5.41) is 20.0. The van der Waals surface area contributed by atoms with Gasteiger partial charge >= 0.3 is 63.3 Å². The Balaban J connectivity index is 0. The van der Waals surface area contributed by atoms with Crippen LogP contribution in [0.15, 0.2) is 0 Å². The Hall–Kier alpha value is 0.0464. The van der Waals surface area contributed by atoms with E-state index < -0.39 is 18.0 Å². The average Bonchev–Trinajstić information content (AvgIpc) is 2.56. The Kier molecular flexibility index (Phi) is 21.5. The van der Waals surface area contributed by atoms with Gasteiger partial charge in [-0.15, -0.1) is 0 Å². The van der Waals surface area contributed by atoms with Crippen LogP contribution in [0.25, 0.3) is 0 Å².